The fourth-order valence-electron chi connectivity index (χ4n) is 3.88. The molecular weight excluding hydrogens is 366 g/mol. The monoisotopic (exact) mass is 395 g/mol. The maximum Gasteiger partial charge on any atom is 0.0476 e. The molecule has 1 unspecified atom stereocenters. The molecule has 3 heteroatoms. The van der Waals surface area contributed by atoms with E-state index in [0.29, 0.717) is 6.54 Å². The zero-order valence-electron chi connectivity index (χ0n) is 17.5. The highest BCUT2D eigenvalue weighted by atomic mass is 14.9. The van der Waals surface area contributed by atoms with Crippen LogP contribution in [0.1, 0.15) is 27.9 Å². The van der Waals surface area contributed by atoms with E-state index in [2.05, 4.69) is 85.0 Å². The Hall–Kier alpha value is -3.01. The van der Waals surface area contributed by atoms with Crippen LogP contribution in [0.2, 0.25) is 0 Å². The average Bonchev–Trinajstić information content (AvgIpc) is 2.79. The summed E-state index contributed by atoms with van der Waals surface area (Å²) >= 11 is 0. The van der Waals surface area contributed by atoms with Gasteiger partial charge < -0.3 is 11.1 Å². The van der Waals surface area contributed by atoms with Crippen LogP contribution in [0, 0.1) is 6.92 Å². The van der Waals surface area contributed by atoms with Crippen molar-refractivity contribution in [1.82, 2.24) is 10.3 Å². The van der Waals surface area contributed by atoms with Crippen molar-refractivity contribution >= 4 is 10.8 Å². The summed E-state index contributed by atoms with van der Waals surface area (Å²) in [6, 6.07) is 28.1. The van der Waals surface area contributed by atoms with E-state index in [9.17, 15) is 0 Å². The van der Waals surface area contributed by atoms with Gasteiger partial charge in [-0.15, -0.1) is 0 Å². The summed E-state index contributed by atoms with van der Waals surface area (Å²) < 4.78 is 0. The van der Waals surface area contributed by atoms with Crippen molar-refractivity contribution in [3.05, 3.63) is 113 Å². The molecule has 0 bridgehead atoms. The van der Waals surface area contributed by atoms with E-state index >= 15 is 0 Å². The standard InChI is InChI=1S/C27H29N3/c1-20-13-23(19-30-27(20)16-21-7-3-2-4-8-21)15-26(17-28)29-18-22-11-12-24-9-5-6-10-25(24)14-22/h2-14,19,26,29H,15-18,28H2,1H3. The highest BCUT2D eigenvalue weighted by Gasteiger charge is 2.10. The first kappa shape index (κ1) is 20.3. The second kappa shape index (κ2) is 9.66. The van der Waals surface area contributed by atoms with E-state index < -0.39 is 0 Å². The fourth-order valence-corrected chi connectivity index (χ4v) is 3.88. The summed E-state index contributed by atoms with van der Waals surface area (Å²) in [5.74, 6) is 0. The van der Waals surface area contributed by atoms with Crippen molar-refractivity contribution in [1.29, 1.82) is 0 Å². The van der Waals surface area contributed by atoms with Crippen LogP contribution < -0.4 is 11.1 Å². The van der Waals surface area contributed by atoms with E-state index in [1.165, 1.54) is 33.0 Å². The molecule has 0 radical (unpaired) electrons. The van der Waals surface area contributed by atoms with Gasteiger partial charge in [0.15, 0.2) is 0 Å². The lowest BCUT2D eigenvalue weighted by Crippen LogP contribution is -2.37. The quantitative estimate of drug-likeness (QED) is 0.451. The Kier molecular flexibility index (Phi) is 6.53. The topological polar surface area (TPSA) is 50.9 Å². The predicted octanol–water partition coefficient (Wildman–Crippen LogP) is 4.79. The Bertz CT molecular complexity index is 1110. The number of nitrogens with one attached hydrogen (secondary N) is 1. The van der Waals surface area contributed by atoms with Crippen molar-refractivity contribution in [2.24, 2.45) is 5.73 Å². The number of nitrogens with zero attached hydrogens (tertiary/aromatic N) is 1. The lowest BCUT2D eigenvalue weighted by molar-refractivity contribution is 0.515. The van der Waals surface area contributed by atoms with Crippen molar-refractivity contribution in [3.8, 4) is 0 Å². The lowest BCUT2D eigenvalue weighted by atomic mass is 10.0. The summed E-state index contributed by atoms with van der Waals surface area (Å²) in [6.07, 6.45) is 3.75. The van der Waals surface area contributed by atoms with Crippen LogP contribution in [-0.4, -0.2) is 17.6 Å². The molecule has 3 aromatic carbocycles. The third-order valence-electron chi connectivity index (χ3n) is 5.63. The Labute approximate surface area is 179 Å². The highest BCUT2D eigenvalue weighted by molar-refractivity contribution is 5.82. The van der Waals surface area contributed by atoms with Crippen LogP contribution in [0.25, 0.3) is 10.8 Å². The minimum Gasteiger partial charge on any atom is -0.329 e. The number of benzene rings is 3. The molecule has 152 valence electrons. The highest BCUT2D eigenvalue weighted by Crippen LogP contribution is 2.17. The molecule has 0 spiro atoms. The fraction of sp³-hybridized carbons (Fsp3) is 0.222. The second-order valence-electron chi connectivity index (χ2n) is 7.97. The van der Waals surface area contributed by atoms with Gasteiger partial charge in [0.2, 0.25) is 0 Å². The minimum absolute atomic E-state index is 0.220. The molecule has 0 saturated carbocycles. The number of pyridine rings is 1. The summed E-state index contributed by atoms with van der Waals surface area (Å²) in [5.41, 5.74) is 12.2. The first-order chi connectivity index (χ1) is 14.7. The van der Waals surface area contributed by atoms with Gasteiger partial charge in [0.25, 0.3) is 0 Å². The van der Waals surface area contributed by atoms with Gasteiger partial charge in [-0.25, -0.2) is 0 Å². The predicted molar refractivity (Wildman–Crippen MR) is 126 cm³/mol. The number of fused-ring (bicyclic) bond motifs is 1. The van der Waals surface area contributed by atoms with Crippen LogP contribution in [-0.2, 0) is 19.4 Å². The molecule has 0 aliphatic heterocycles. The summed E-state index contributed by atoms with van der Waals surface area (Å²) in [6.45, 7) is 3.55. The lowest BCUT2D eigenvalue weighted by Gasteiger charge is -2.18. The third kappa shape index (κ3) is 5.12. The smallest absolute Gasteiger partial charge is 0.0476 e. The number of hydrogen-bond acceptors (Lipinski definition) is 3. The molecule has 4 aromatic rings. The molecule has 0 saturated heterocycles. The minimum atomic E-state index is 0.220. The van der Waals surface area contributed by atoms with Gasteiger partial charge in [-0.1, -0.05) is 72.8 Å². The normalized spacial score (nSPS) is 12.2. The maximum atomic E-state index is 6.06. The molecule has 3 nitrogen and oxygen atoms in total. The number of hydrogen-bond donors (Lipinski definition) is 2. The molecule has 1 heterocycles. The van der Waals surface area contributed by atoms with Crippen molar-refractivity contribution in [2.45, 2.75) is 32.4 Å². The zero-order valence-corrected chi connectivity index (χ0v) is 17.5. The van der Waals surface area contributed by atoms with Gasteiger partial charge in [0.1, 0.15) is 0 Å². The molecule has 0 amide bonds. The molecule has 0 fully saturated rings. The van der Waals surface area contributed by atoms with E-state index in [1.54, 1.807) is 0 Å². The van der Waals surface area contributed by atoms with E-state index in [1.807, 2.05) is 12.3 Å². The average molecular weight is 396 g/mol. The van der Waals surface area contributed by atoms with Gasteiger partial charge in [0.05, 0.1) is 0 Å². The van der Waals surface area contributed by atoms with Gasteiger partial charge >= 0.3 is 0 Å². The molecule has 4 rings (SSSR count). The Morgan fingerprint density at radius 3 is 2.37 bits per heavy atom. The maximum absolute atomic E-state index is 6.06. The molecule has 0 aliphatic carbocycles. The first-order valence-electron chi connectivity index (χ1n) is 10.6. The number of aromatic nitrogens is 1. The molecule has 0 aliphatic rings. The number of nitrogens with two attached hydrogens (primary N) is 1. The molecule has 1 atom stereocenters. The largest absolute Gasteiger partial charge is 0.329 e. The molecule has 30 heavy (non-hydrogen) atoms. The third-order valence-corrected chi connectivity index (χ3v) is 5.63. The van der Waals surface area contributed by atoms with Crippen LogP contribution >= 0.6 is 0 Å². The van der Waals surface area contributed by atoms with Gasteiger partial charge in [-0.3, -0.25) is 4.98 Å². The van der Waals surface area contributed by atoms with E-state index in [4.69, 9.17) is 10.7 Å². The van der Waals surface area contributed by atoms with Crippen LogP contribution in [0.4, 0.5) is 0 Å². The zero-order chi connectivity index (χ0) is 20.8. The number of rotatable bonds is 8. The van der Waals surface area contributed by atoms with E-state index in [-0.39, 0.29) is 6.04 Å². The molecule has 3 N–H and O–H groups in total. The first-order valence-corrected chi connectivity index (χ1v) is 10.6. The van der Waals surface area contributed by atoms with Crippen LogP contribution in [0.3, 0.4) is 0 Å². The Balaban J connectivity index is 1.38. The summed E-state index contributed by atoms with van der Waals surface area (Å²) in [4.78, 5) is 4.74. The van der Waals surface area contributed by atoms with Gasteiger partial charge in [-0.05, 0) is 52.4 Å². The Morgan fingerprint density at radius 2 is 1.60 bits per heavy atom. The number of aryl methyl sites for hydroxylation is 1. The molecule has 1 aromatic heterocycles. The summed E-state index contributed by atoms with van der Waals surface area (Å²) in [5, 5.41) is 6.17. The van der Waals surface area contributed by atoms with Crippen LogP contribution in [0.15, 0.2) is 85.1 Å². The second-order valence-corrected chi connectivity index (χ2v) is 7.97. The van der Waals surface area contributed by atoms with E-state index in [0.717, 1.165) is 25.1 Å². The SMILES string of the molecule is Cc1cc(CC(CN)NCc2ccc3ccccc3c2)cnc1Cc1ccccc1. The van der Waals surface area contributed by atoms with Crippen molar-refractivity contribution in [2.75, 3.05) is 6.54 Å². The van der Waals surface area contributed by atoms with Gasteiger partial charge in [-0.2, -0.15) is 0 Å². The van der Waals surface area contributed by atoms with Crippen molar-refractivity contribution in [3.63, 3.8) is 0 Å². The van der Waals surface area contributed by atoms with Crippen LogP contribution in [0.5, 0.6) is 0 Å². The molecular formula is C27H29N3. The van der Waals surface area contributed by atoms with Gasteiger partial charge in [0, 0.05) is 37.4 Å². The summed E-state index contributed by atoms with van der Waals surface area (Å²) in [7, 11) is 0. The van der Waals surface area contributed by atoms with Crippen molar-refractivity contribution < 1.29 is 0 Å². The Morgan fingerprint density at radius 1 is 0.833 bits per heavy atom.